The smallest absolute Gasteiger partial charge is 0.271 e. The highest BCUT2D eigenvalue weighted by Crippen LogP contribution is 2.22. The first kappa shape index (κ1) is 16.2. The fourth-order valence-corrected chi connectivity index (χ4v) is 2.54. The molecule has 0 atom stereocenters. The first-order valence-electron chi connectivity index (χ1n) is 7.57. The molecule has 5 nitrogen and oxygen atoms in total. The molecular formula is C18H16ClN3O2. The van der Waals surface area contributed by atoms with E-state index in [9.17, 15) is 9.59 Å². The number of hydrogen-bond acceptors (Lipinski definition) is 3. The summed E-state index contributed by atoms with van der Waals surface area (Å²) in [4.78, 5) is 24.5. The van der Waals surface area contributed by atoms with Crippen LogP contribution in [0.15, 0.2) is 53.6 Å². The number of carbonyl (C=O) groups is 2. The molecule has 1 aliphatic heterocycles. The Morgan fingerprint density at radius 1 is 1.17 bits per heavy atom. The maximum atomic E-state index is 12.4. The van der Waals surface area contributed by atoms with Crippen molar-refractivity contribution in [3.63, 3.8) is 0 Å². The van der Waals surface area contributed by atoms with Crippen LogP contribution in [0.25, 0.3) is 0 Å². The zero-order chi connectivity index (χ0) is 17.1. The lowest BCUT2D eigenvalue weighted by Crippen LogP contribution is -2.36. The van der Waals surface area contributed by atoms with E-state index in [1.807, 2.05) is 31.2 Å². The average molecular weight is 342 g/mol. The molecule has 2 amide bonds. The molecule has 3 rings (SSSR count). The Labute approximate surface area is 144 Å². The number of carbonyl (C=O) groups excluding carboxylic acids is 2. The number of rotatable bonds is 3. The topological polar surface area (TPSA) is 61.8 Å². The minimum absolute atomic E-state index is 0.129. The molecule has 0 unspecified atom stereocenters. The second-order valence-corrected chi connectivity index (χ2v) is 5.91. The zero-order valence-corrected chi connectivity index (χ0v) is 13.9. The van der Waals surface area contributed by atoms with Gasteiger partial charge in [-0.2, -0.15) is 5.10 Å². The molecule has 6 heteroatoms. The number of amides is 2. The van der Waals surface area contributed by atoms with Crippen LogP contribution in [0, 0.1) is 6.92 Å². The predicted molar refractivity (Wildman–Crippen MR) is 95.4 cm³/mol. The van der Waals surface area contributed by atoms with Gasteiger partial charge in [0.2, 0.25) is 5.91 Å². The summed E-state index contributed by atoms with van der Waals surface area (Å²) in [7, 11) is 0. The van der Waals surface area contributed by atoms with Crippen molar-refractivity contribution >= 4 is 40.5 Å². The molecule has 2 aromatic rings. The monoisotopic (exact) mass is 341 g/mol. The van der Waals surface area contributed by atoms with E-state index in [4.69, 9.17) is 11.6 Å². The van der Waals surface area contributed by atoms with Crippen molar-refractivity contribution in [1.29, 1.82) is 0 Å². The third-order valence-electron chi connectivity index (χ3n) is 3.73. The van der Waals surface area contributed by atoms with Crippen molar-refractivity contribution in [3.8, 4) is 0 Å². The number of aryl methyl sites for hydroxylation is 1. The Kier molecular flexibility index (Phi) is 4.62. The molecule has 1 aliphatic rings. The molecule has 0 radical (unpaired) electrons. The highest BCUT2D eigenvalue weighted by atomic mass is 35.5. The van der Waals surface area contributed by atoms with E-state index in [1.165, 1.54) is 5.01 Å². The maximum absolute atomic E-state index is 12.4. The van der Waals surface area contributed by atoms with Crippen LogP contribution < -0.4 is 10.3 Å². The molecule has 122 valence electrons. The van der Waals surface area contributed by atoms with E-state index >= 15 is 0 Å². The van der Waals surface area contributed by atoms with Crippen LogP contribution in [0.2, 0.25) is 5.02 Å². The summed E-state index contributed by atoms with van der Waals surface area (Å²) in [5.41, 5.74) is 2.49. The van der Waals surface area contributed by atoms with Gasteiger partial charge >= 0.3 is 0 Å². The lowest BCUT2D eigenvalue weighted by atomic mass is 10.1. The largest absolute Gasteiger partial charge is 0.321 e. The van der Waals surface area contributed by atoms with Gasteiger partial charge in [0, 0.05) is 23.6 Å². The molecule has 0 aliphatic carbocycles. The van der Waals surface area contributed by atoms with Gasteiger partial charge in [-0.25, -0.2) is 5.01 Å². The van der Waals surface area contributed by atoms with Gasteiger partial charge in [-0.15, -0.1) is 0 Å². The van der Waals surface area contributed by atoms with E-state index < -0.39 is 0 Å². The Bertz CT molecular complexity index is 818. The number of nitrogens with one attached hydrogen (secondary N) is 1. The zero-order valence-electron chi connectivity index (χ0n) is 13.1. The number of anilines is 2. The van der Waals surface area contributed by atoms with Crippen LogP contribution >= 0.6 is 11.6 Å². The molecule has 24 heavy (non-hydrogen) atoms. The van der Waals surface area contributed by atoms with Crippen molar-refractivity contribution in [1.82, 2.24) is 0 Å². The minimum Gasteiger partial charge on any atom is -0.321 e. The van der Waals surface area contributed by atoms with Gasteiger partial charge in [0.25, 0.3) is 5.91 Å². The van der Waals surface area contributed by atoms with Crippen LogP contribution in [-0.4, -0.2) is 17.5 Å². The van der Waals surface area contributed by atoms with Crippen LogP contribution in [0.1, 0.15) is 18.4 Å². The van der Waals surface area contributed by atoms with Crippen LogP contribution in [0.4, 0.5) is 11.4 Å². The summed E-state index contributed by atoms with van der Waals surface area (Å²) in [5.74, 6) is -0.459. The van der Waals surface area contributed by atoms with Crippen molar-refractivity contribution in [2.24, 2.45) is 5.10 Å². The third-order valence-corrected chi connectivity index (χ3v) is 4.13. The second-order valence-electron chi connectivity index (χ2n) is 5.51. The summed E-state index contributed by atoms with van der Waals surface area (Å²) in [5, 5.41) is 8.86. The highest BCUT2D eigenvalue weighted by molar-refractivity contribution is 6.44. The van der Waals surface area contributed by atoms with Gasteiger partial charge in [-0.05, 0) is 36.8 Å². The van der Waals surface area contributed by atoms with E-state index in [0.717, 1.165) is 5.56 Å². The molecule has 0 fully saturated rings. The van der Waals surface area contributed by atoms with Crippen LogP contribution in [0.3, 0.4) is 0 Å². The molecule has 2 aromatic carbocycles. The average Bonchev–Trinajstić information content (AvgIpc) is 2.59. The fourth-order valence-electron chi connectivity index (χ4n) is 2.36. The Balaban J connectivity index is 1.81. The number of benzene rings is 2. The van der Waals surface area contributed by atoms with E-state index in [-0.39, 0.29) is 18.2 Å². The molecule has 1 heterocycles. The van der Waals surface area contributed by atoms with Crippen molar-refractivity contribution in [3.05, 3.63) is 59.1 Å². The third kappa shape index (κ3) is 3.46. The summed E-state index contributed by atoms with van der Waals surface area (Å²) >= 11 is 6.07. The van der Waals surface area contributed by atoms with Gasteiger partial charge in [-0.3, -0.25) is 9.59 Å². The molecule has 1 N–H and O–H groups in total. The normalized spacial score (nSPS) is 14.3. The minimum atomic E-state index is -0.330. The molecule has 0 bridgehead atoms. The molecular weight excluding hydrogens is 326 g/mol. The molecule has 0 aromatic heterocycles. The number of nitrogens with zero attached hydrogens (tertiary/aromatic N) is 2. The van der Waals surface area contributed by atoms with E-state index in [0.29, 0.717) is 28.5 Å². The van der Waals surface area contributed by atoms with Gasteiger partial charge in [0.1, 0.15) is 5.71 Å². The summed E-state index contributed by atoms with van der Waals surface area (Å²) in [6.45, 7) is 1.89. The van der Waals surface area contributed by atoms with Crippen molar-refractivity contribution < 1.29 is 9.59 Å². The summed E-state index contributed by atoms with van der Waals surface area (Å²) in [6, 6.07) is 14.4. The second kappa shape index (κ2) is 6.84. The van der Waals surface area contributed by atoms with Crippen molar-refractivity contribution in [2.75, 3.05) is 10.3 Å². The number of hydrazone groups is 1. The van der Waals surface area contributed by atoms with Gasteiger partial charge in [0.05, 0.1) is 5.69 Å². The lowest BCUT2D eigenvalue weighted by Gasteiger charge is -2.23. The number of para-hydroxylation sites is 1. The SMILES string of the molecule is Cc1ccc(NC(=O)C2=NN(c3ccccc3)C(=O)CC2)cc1Cl. The Hall–Kier alpha value is -2.66. The molecule has 0 saturated carbocycles. The molecule has 0 saturated heterocycles. The van der Waals surface area contributed by atoms with Gasteiger partial charge in [-0.1, -0.05) is 35.9 Å². The fraction of sp³-hybridized carbons (Fsp3) is 0.167. The quantitative estimate of drug-likeness (QED) is 0.923. The number of hydrogen-bond donors (Lipinski definition) is 1. The van der Waals surface area contributed by atoms with Crippen LogP contribution in [-0.2, 0) is 9.59 Å². The predicted octanol–water partition coefficient (Wildman–Crippen LogP) is 3.77. The standard InChI is InChI=1S/C18H16ClN3O2/c1-12-7-8-13(11-15(12)19)20-18(24)16-9-10-17(23)22(21-16)14-5-3-2-4-6-14/h2-8,11H,9-10H2,1H3,(H,20,24). The Morgan fingerprint density at radius 3 is 2.62 bits per heavy atom. The highest BCUT2D eigenvalue weighted by Gasteiger charge is 2.25. The van der Waals surface area contributed by atoms with E-state index in [1.54, 1.807) is 24.3 Å². The Morgan fingerprint density at radius 2 is 1.92 bits per heavy atom. The first-order chi connectivity index (χ1) is 11.5. The summed E-state index contributed by atoms with van der Waals surface area (Å²) in [6.07, 6.45) is 0.559. The first-order valence-corrected chi connectivity index (χ1v) is 7.95. The van der Waals surface area contributed by atoms with E-state index in [2.05, 4.69) is 10.4 Å². The van der Waals surface area contributed by atoms with Crippen molar-refractivity contribution in [2.45, 2.75) is 19.8 Å². The summed E-state index contributed by atoms with van der Waals surface area (Å²) < 4.78 is 0. The van der Waals surface area contributed by atoms with Crippen LogP contribution in [0.5, 0.6) is 0 Å². The number of halogens is 1. The molecule has 0 spiro atoms. The van der Waals surface area contributed by atoms with Gasteiger partial charge < -0.3 is 5.32 Å². The maximum Gasteiger partial charge on any atom is 0.271 e. The van der Waals surface area contributed by atoms with Gasteiger partial charge in [0.15, 0.2) is 0 Å². The lowest BCUT2D eigenvalue weighted by molar-refractivity contribution is -0.118.